The van der Waals surface area contributed by atoms with Crippen LogP contribution < -0.4 is 10.2 Å². The average molecular weight is 427 g/mol. The minimum atomic E-state index is -0.482. The van der Waals surface area contributed by atoms with Crippen molar-refractivity contribution in [1.82, 2.24) is 5.43 Å². The van der Waals surface area contributed by atoms with Gasteiger partial charge in [0.05, 0.1) is 15.1 Å². The van der Waals surface area contributed by atoms with E-state index in [1.54, 1.807) is 37.3 Å². The number of ether oxygens (including phenoxy) is 1. The predicted octanol–water partition coefficient (Wildman–Crippen LogP) is 3.93. The Morgan fingerprint density at radius 2 is 2.00 bits per heavy atom. The maximum Gasteiger partial charge on any atom is 0.277 e. The summed E-state index contributed by atoms with van der Waals surface area (Å²) in [6.45, 7) is 1.45. The zero-order valence-corrected chi connectivity index (χ0v) is 15.4. The molecule has 2 rings (SSSR count). The van der Waals surface area contributed by atoms with Gasteiger partial charge in [-0.2, -0.15) is 5.10 Å². The minimum absolute atomic E-state index is 0.0115. The predicted molar refractivity (Wildman–Crippen MR) is 98.1 cm³/mol. The summed E-state index contributed by atoms with van der Waals surface area (Å²) in [6.07, 6.45) is 0. The number of hydrogen-bond donors (Lipinski definition) is 1. The summed E-state index contributed by atoms with van der Waals surface area (Å²) >= 11 is 9.12. The molecule has 1 N–H and O–H groups in total. The molecule has 1 amide bonds. The van der Waals surface area contributed by atoms with Gasteiger partial charge in [-0.3, -0.25) is 14.9 Å². The molecule has 0 saturated carbocycles. The van der Waals surface area contributed by atoms with Crippen LogP contribution >= 0.6 is 27.5 Å². The quantitative estimate of drug-likeness (QED) is 0.430. The Bertz CT molecular complexity index is 825. The van der Waals surface area contributed by atoms with Gasteiger partial charge >= 0.3 is 0 Å². The van der Waals surface area contributed by atoms with Crippen LogP contribution in [0.25, 0.3) is 0 Å². The second-order valence-corrected chi connectivity index (χ2v) is 6.19. The lowest BCUT2D eigenvalue weighted by Gasteiger charge is -2.08. The van der Waals surface area contributed by atoms with Gasteiger partial charge in [0.15, 0.2) is 6.61 Å². The summed E-state index contributed by atoms with van der Waals surface area (Å²) < 4.78 is 6.01. The maximum atomic E-state index is 11.8. The van der Waals surface area contributed by atoms with E-state index in [9.17, 15) is 14.9 Å². The van der Waals surface area contributed by atoms with Gasteiger partial charge in [0, 0.05) is 17.2 Å². The second-order valence-electron chi connectivity index (χ2n) is 4.90. The first-order valence-electron chi connectivity index (χ1n) is 7.02. The van der Waals surface area contributed by atoms with E-state index >= 15 is 0 Å². The van der Waals surface area contributed by atoms with Crippen molar-refractivity contribution in [2.24, 2.45) is 5.10 Å². The fourth-order valence-corrected chi connectivity index (χ4v) is 2.60. The molecule has 0 aliphatic heterocycles. The second kappa shape index (κ2) is 8.59. The van der Waals surface area contributed by atoms with E-state index in [4.69, 9.17) is 16.3 Å². The average Bonchev–Trinajstić information content (AvgIpc) is 2.59. The number of hydrazone groups is 1. The number of non-ortho nitro benzene ring substituents is 1. The van der Waals surface area contributed by atoms with Crippen molar-refractivity contribution in [2.75, 3.05) is 6.61 Å². The molecule has 0 heterocycles. The largest absolute Gasteiger partial charge is 0.483 e. The van der Waals surface area contributed by atoms with Crippen LogP contribution in [0.3, 0.4) is 0 Å². The van der Waals surface area contributed by atoms with Crippen LogP contribution in [0, 0.1) is 10.1 Å². The zero-order chi connectivity index (χ0) is 18.4. The van der Waals surface area contributed by atoms with E-state index in [-0.39, 0.29) is 12.3 Å². The highest BCUT2D eigenvalue weighted by Crippen LogP contribution is 2.27. The number of hydrogen-bond acceptors (Lipinski definition) is 5. The van der Waals surface area contributed by atoms with E-state index in [2.05, 4.69) is 26.5 Å². The Balaban J connectivity index is 1.91. The third kappa shape index (κ3) is 5.54. The van der Waals surface area contributed by atoms with Gasteiger partial charge in [0.2, 0.25) is 0 Å². The molecule has 0 aromatic heterocycles. The molecule has 2 aromatic carbocycles. The number of nitro groups is 1. The van der Waals surface area contributed by atoms with Crippen LogP contribution in [-0.4, -0.2) is 23.1 Å². The van der Waals surface area contributed by atoms with Gasteiger partial charge in [-0.15, -0.1) is 0 Å². The third-order valence-corrected chi connectivity index (χ3v) is 3.95. The standard InChI is InChI=1S/C16H13BrClN3O4/c1-10(11-2-5-13(6-3-11)21(23)24)19-20-16(22)9-25-15-7-4-12(18)8-14(15)17/h2-8H,9H2,1H3,(H,20,22)/b19-10+. The van der Waals surface area contributed by atoms with Crippen molar-refractivity contribution in [1.29, 1.82) is 0 Å². The van der Waals surface area contributed by atoms with Crippen molar-refractivity contribution in [2.45, 2.75) is 6.92 Å². The lowest BCUT2D eigenvalue weighted by molar-refractivity contribution is -0.384. The molecule has 25 heavy (non-hydrogen) atoms. The maximum absolute atomic E-state index is 11.8. The molecule has 0 fully saturated rings. The highest BCUT2D eigenvalue weighted by molar-refractivity contribution is 9.10. The Morgan fingerprint density at radius 3 is 2.60 bits per heavy atom. The van der Waals surface area contributed by atoms with Crippen molar-refractivity contribution < 1.29 is 14.5 Å². The van der Waals surface area contributed by atoms with E-state index in [0.29, 0.717) is 26.5 Å². The van der Waals surface area contributed by atoms with Crippen LogP contribution in [-0.2, 0) is 4.79 Å². The number of benzene rings is 2. The van der Waals surface area contributed by atoms with Crippen molar-refractivity contribution in [3.8, 4) is 5.75 Å². The molecule has 0 saturated heterocycles. The summed E-state index contributed by atoms with van der Waals surface area (Å²) in [5.41, 5.74) is 3.53. The summed E-state index contributed by atoms with van der Waals surface area (Å²) in [5.74, 6) is 0.0405. The van der Waals surface area contributed by atoms with Crippen LogP contribution in [0.4, 0.5) is 5.69 Å². The molecule has 0 unspecified atom stereocenters. The molecular weight excluding hydrogens is 414 g/mol. The molecule has 0 aliphatic rings. The number of amides is 1. The number of rotatable bonds is 6. The lowest BCUT2D eigenvalue weighted by atomic mass is 10.1. The first-order valence-corrected chi connectivity index (χ1v) is 8.19. The Morgan fingerprint density at radius 1 is 1.32 bits per heavy atom. The summed E-state index contributed by atoms with van der Waals surface area (Å²) in [5, 5.41) is 15.1. The normalized spacial score (nSPS) is 11.1. The zero-order valence-electron chi connectivity index (χ0n) is 13.0. The van der Waals surface area contributed by atoms with Crippen LogP contribution in [0.15, 0.2) is 52.0 Å². The summed E-state index contributed by atoms with van der Waals surface area (Å²) in [4.78, 5) is 21.9. The topological polar surface area (TPSA) is 93.8 Å². The highest BCUT2D eigenvalue weighted by Gasteiger charge is 2.08. The first kappa shape index (κ1) is 18.9. The number of halogens is 2. The molecule has 2 aromatic rings. The molecule has 0 spiro atoms. The van der Waals surface area contributed by atoms with Crippen molar-refractivity contribution in [3.05, 3.63) is 67.6 Å². The van der Waals surface area contributed by atoms with Gasteiger partial charge in [-0.25, -0.2) is 5.43 Å². The van der Waals surface area contributed by atoms with E-state index in [1.165, 1.54) is 12.1 Å². The van der Waals surface area contributed by atoms with Crippen LogP contribution in [0.1, 0.15) is 12.5 Å². The smallest absolute Gasteiger partial charge is 0.277 e. The molecule has 0 atom stereocenters. The van der Waals surface area contributed by atoms with Crippen LogP contribution in [0.2, 0.25) is 5.02 Å². The number of nitrogens with one attached hydrogen (secondary N) is 1. The van der Waals surface area contributed by atoms with Gasteiger partial charge in [-0.1, -0.05) is 11.6 Å². The van der Waals surface area contributed by atoms with E-state index in [1.807, 2.05) is 0 Å². The molecule has 0 aliphatic carbocycles. The fourth-order valence-electron chi connectivity index (χ4n) is 1.80. The molecule has 0 bridgehead atoms. The Kier molecular flexibility index (Phi) is 6.49. The number of carbonyl (C=O) groups excluding carboxylic acids is 1. The molecule has 9 heteroatoms. The molecule has 130 valence electrons. The van der Waals surface area contributed by atoms with E-state index in [0.717, 1.165) is 0 Å². The summed E-state index contributed by atoms with van der Waals surface area (Å²) in [7, 11) is 0. The first-order chi connectivity index (χ1) is 11.9. The van der Waals surface area contributed by atoms with Gasteiger partial charge in [0.1, 0.15) is 5.75 Å². The van der Waals surface area contributed by atoms with Crippen molar-refractivity contribution >= 4 is 44.8 Å². The van der Waals surface area contributed by atoms with Crippen molar-refractivity contribution in [3.63, 3.8) is 0 Å². The molecule has 0 radical (unpaired) electrons. The van der Waals surface area contributed by atoms with Gasteiger partial charge < -0.3 is 4.74 Å². The monoisotopic (exact) mass is 425 g/mol. The fraction of sp³-hybridized carbons (Fsp3) is 0.125. The SMILES string of the molecule is C/C(=N\NC(=O)COc1ccc(Cl)cc1Br)c1ccc([N+](=O)[O-])cc1. The Hall–Kier alpha value is -2.45. The van der Waals surface area contributed by atoms with Crippen LogP contribution in [0.5, 0.6) is 5.75 Å². The highest BCUT2D eigenvalue weighted by atomic mass is 79.9. The molecule has 7 nitrogen and oxygen atoms in total. The van der Waals surface area contributed by atoms with Gasteiger partial charge in [-0.05, 0) is 58.7 Å². The minimum Gasteiger partial charge on any atom is -0.483 e. The molecular formula is C16H13BrClN3O4. The Labute approximate surface area is 156 Å². The number of nitrogens with zero attached hydrogens (tertiary/aromatic N) is 2. The third-order valence-electron chi connectivity index (χ3n) is 3.10. The van der Waals surface area contributed by atoms with E-state index < -0.39 is 10.8 Å². The summed E-state index contributed by atoms with van der Waals surface area (Å²) in [6, 6.07) is 10.8. The number of nitro benzene ring substituents is 1. The lowest BCUT2D eigenvalue weighted by Crippen LogP contribution is -2.25. The van der Waals surface area contributed by atoms with Gasteiger partial charge in [0.25, 0.3) is 11.6 Å². The number of carbonyl (C=O) groups is 1.